The Kier molecular flexibility index (Phi) is 5.00. The third kappa shape index (κ3) is 3.30. The number of aryl methyl sites for hydroxylation is 1. The second-order valence-electron chi connectivity index (χ2n) is 4.95. The number of nitrogens with one attached hydrogen (secondary N) is 1. The fourth-order valence-corrected chi connectivity index (χ4v) is 2.94. The van der Waals surface area contributed by atoms with E-state index >= 15 is 0 Å². The van der Waals surface area contributed by atoms with E-state index in [1.165, 1.54) is 0 Å². The second kappa shape index (κ2) is 6.74. The SMILES string of the molecule is CCCNc1ncnc(Sc2nccn2C)c1C(C)C. The molecule has 0 radical (unpaired) electrons. The van der Waals surface area contributed by atoms with Gasteiger partial charge < -0.3 is 9.88 Å². The Balaban J connectivity index is 2.34. The first kappa shape index (κ1) is 14.8. The summed E-state index contributed by atoms with van der Waals surface area (Å²) in [5, 5.41) is 5.30. The molecule has 5 nitrogen and oxygen atoms in total. The molecule has 0 fully saturated rings. The van der Waals surface area contributed by atoms with E-state index in [0.29, 0.717) is 5.92 Å². The minimum atomic E-state index is 0.360. The predicted octanol–water partition coefficient (Wildman–Crippen LogP) is 3.31. The molecule has 6 heteroatoms. The lowest BCUT2D eigenvalue weighted by atomic mass is 10.1. The molecule has 0 spiro atoms. The highest BCUT2D eigenvalue weighted by Crippen LogP contribution is 2.34. The Bertz CT molecular complexity index is 564. The van der Waals surface area contributed by atoms with Crippen LogP contribution in [0.4, 0.5) is 5.82 Å². The van der Waals surface area contributed by atoms with Gasteiger partial charge in [0, 0.05) is 31.5 Å². The summed E-state index contributed by atoms with van der Waals surface area (Å²) in [4.78, 5) is 13.2. The summed E-state index contributed by atoms with van der Waals surface area (Å²) in [5.74, 6) is 1.30. The molecule has 0 amide bonds. The molecule has 0 atom stereocenters. The van der Waals surface area contributed by atoms with Gasteiger partial charge in [-0.05, 0) is 24.1 Å². The maximum absolute atomic E-state index is 4.44. The van der Waals surface area contributed by atoms with E-state index in [0.717, 1.165) is 34.5 Å². The van der Waals surface area contributed by atoms with Gasteiger partial charge in [0.2, 0.25) is 0 Å². The Hall–Kier alpha value is -1.56. The van der Waals surface area contributed by atoms with E-state index < -0.39 is 0 Å². The van der Waals surface area contributed by atoms with Crippen molar-refractivity contribution in [3.63, 3.8) is 0 Å². The normalized spacial score (nSPS) is 11.1. The predicted molar refractivity (Wildman–Crippen MR) is 82.2 cm³/mol. The third-order valence-electron chi connectivity index (χ3n) is 2.93. The van der Waals surface area contributed by atoms with Crippen LogP contribution in [0.3, 0.4) is 0 Å². The van der Waals surface area contributed by atoms with E-state index in [1.807, 2.05) is 17.8 Å². The Morgan fingerprint density at radius 2 is 2.10 bits per heavy atom. The Morgan fingerprint density at radius 1 is 1.30 bits per heavy atom. The van der Waals surface area contributed by atoms with Gasteiger partial charge in [0.25, 0.3) is 0 Å². The minimum Gasteiger partial charge on any atom is -0.370 e. The zero-order valence-corrected chi connectivity index (χ0v) is 13.2. The lowest BCUT2D eigenvalue weighted by Gasteiger charge is -2.16. The molecular formula is C14H21N5S. The van der Waals surface area contributed by atoms with Gasteiger partial charge in [-0.1, -0.05) is 20.8 Å². The Labute approximate surface area is 124 Å². The van der Waals surface area contributed by atoms with E-state index in [4.69, 9.17) is 0 Å². The van der Waals surface area contributed by atoms with Gasteiger partial charge in [-0.2, -0.15) is 0 Å². The van der Waals surface area contributed by atoms with Gasteiger partial charge in [-0.3, -0.25) is 0 Å². The number of hydrogen-bond acceptors (Lipinski definition) is 5. The molecule has 0 aliphatic heterocycles. The first-order valence-corrected chi connectivity index (χ1v) is 7.69. The standard InChI is InChI=1S/C14H21N5S/c1-5-6-15-12-11(10(2)3)13(18-9-17-12)20-14-16-7-8-19(14)4/h7-10H,5-6H2,1-4H3,(H,15,17,18). The van der Waals surface area contributed by atoms with E-state index in [2.05, 4.69) is 41.0 Å². The van der Waals surface area contributed by atoms with Crippen LogP contribution in [-0.4, -0.2) is 26.1 Å². The van der Waals surface area contributed by atoms with E-state index in [9.17, 15) is 0 Å². The van der Waals surface area contributed by atoms with Crippen molar-refractivity contribution >= 4 is 17.6 Å². The topological polar surface area (TPSA) is 55.6 Å². The molecule has 0 unspecified atom stereocenters. The van der Waals surface area contributed by atoms with Crippen LogP contribution in [0.5, 0.6) is 0 Å². The summed E-state index contributed by atoms with van der Waals surface area (Å²) < 4.78 is 2.00. The fraction of sp³-hybridized carbons (Fsp3) is 0.500. The number of nitrogens with zero attached hydrogens (tertiary/aromatic N) is 4. The van der Waals surface area contributed by atoms with Crippen LogP contribution in [0.15, 0.2) is 28.9 Å². The van der Waals surface area contributed by atoms with Crippen LogP contribution >= 0.6 is 11.8 Å². The Morgan fingerprint density at radius 3 is 2.70 bits per heavy atom. The molecule has 0 saturated carbocycles. The van der Waals surface area contributed by atoms with Crippen LogP contribution in [0.25, 0.3) is 0 Å². The maximum Gasteiger partial charge on any atom is 0.174 e. The molecule has 0 aliphatic carbocycles. The van der Waals surface area contributed by atoms with Gasteiger partial charge in [-0.15, -0.1) is 0 Å². The third-order valence-corrected chi connectivity index (χ3v) is 4.03. The highest BCUT2D eigenvalue weighted by atomic mass is 32.2. The largest absolute Gasteiger partial charge is 0.370 e. The van der Waals surface area contributed by atoms with Crippen LogP contribution in [0.1, 0.15) is 38.7 Å². The molecule has 1 N–H and O–H groups in total. The van der Waals surface area contributed by atoms with Crippen molar-refractivity contribution in [1.29, 1.82) is 0 Å². The number of anilines is 1. The first-order chi connectivity index (χ1) is 9.63. The van der Waals surface area contributed by atoms with Crippen molar-refractivity contribution < 1.29 is 0 Å². The van der Waals surface area contributed by atoms with E-state index in [-0.39, 0.29) is 0 Å². The lowest BCUT2D eigenvalue weighted by Crippen LogP contribution is -2.08. The first-order valence-electron chi connectivity index (χ1n) is 6.87. The minimum absolute atomic E-state index is 0.360. The number of aromatic nitrogens is 4. The van der Waals surface area contributed by atoms with Crippen molar-refractivity contribution in [2.24, 2.45) is 7.05 Å². The van der Waals surface area contributed by atoms with Crippen molar-refractivity contribution in [3.05, 3.63) is 24.3 Å². The maximum atomic E-state index is 4.44. The smallest absolute Gasteiger partial charge is 0.174 e. The molecule has 20 heavy (non-hydrogen) atoms. The highest BCUT2D eigenvalue weighted by Gasteiger charge is 2.17. The van der Waals surface area contributed by atoms with E-state index in [1.54, 1.807) is 24.3 Å². The summed E-state index contributed by atoms with van der Waals surface area (Å²) in [5.41, 5.74) is 1.16. The lowest BCUT2D eigenvalue weighted by molar-refractivity contribution is 0.775. The van der Waals surface area contributed by atoms with Crippen LogP contribution in [0, 0.1) is 0 Å². The van der Waals surface area contributed by atoms with Crippen molar-refractivity contribution in [2.45, 2.75) is 43.3 Å². The zero-order chi connectivity index (χ0) is 14.5. The summed E-state index contributed by atoms with van der Waals surface area (Å²) >= 11 is 1.58. The zero-order valence-electron chi connectivity index (χ0n) is 12.4. The molecule has 2 rings (SSSR count). The van der Waals surface area contributed by atoms with Crippen molar-refractivity contribution in [1.82, 2.24) is 19.5 Å². The van der Waals surface area contributed by atoms with Crippen LogP contribution in [-0.2, 0) is 7.05 Å². The van der Waals surface area contributed by atoms with Crippen molar-refractivity contribution in [3.8, 4) is 0 Å². The van der Waals surface area contributed by atoms with Crippen LogP contribution in [0.2, 0.25) is 0 Å². The summed E-state index contributed by atoms with van der Waals surface area (Å²) in [7, 11) is 1.99. The summed E-state index contributed by atoms with van der Waals surface area (Å²) in [6.07, 6.45) is 6.43. The summed E-state index contributed by atoms with van der Waals surface area (Å²) in [6, 6.07) is 0. The van der Waals surface area contributed by atoms with Gasteiger partial charge >= 0.3 is 0 Å². The second-order valence-corrected chi connectivity index (χ2v) is 5.90. The monoisotopic (exact) mass is 291 g/mol. The molecule has 0 aromatic carbocycles. The van der Waals surface area contributed by atoms with Gasteiger partial charge in [-0.25, -0.2) is 15.0 Å². The quantitative estimate of drug-likeness (QED) is 0.828. The molecule has 0 bridgehead atoms. The molecule has 2 aromatic rings. The van der Waals surface area contributed by atoms with Gasteiger partial charge in [0.15, 0.2) is 5.16 Å². The van der Waals surface area contributed by atoms with Gasteiger partial charge in [0.05, 0.1) is 0 Å². The molecule has 0 aliphatic rings. The summed E-state index contributed by atoms with van der Waals surface area (Å²) in [6.45, 7) is 7.40. The molecule has 108 valence electrons. The van der Waals surface area contributed by atoms with Gasteiger partial charge in [0.1, 0.15) is 17.2 Å². The average Bonchev–Trinajstić information content (AvgIpc) is 2.81. The molecule has 2 aromatic heterocycles. The molecule has 2 heterocycles. The highest BCUT2D eigenvalue weighted by molar-refractivity contribution is 7.99. The fourth-order valence-electron chi connectivity index (χ4n) is 1.90. The van der Waals surface area contributed by atoms with Crippen LogP contribution < -0.4 is 5.32 Å². The number of hydrogen-bond donors (Lipinski definition) is 1. The molecule has 0 saturated heterocycles. The molecular weight excluding hydrogens is 270 g/mol. The average molecular weight is 291 g/mol. The van der Waals surface area contributed by atoms with Crippen molar-refractivity contribution in [2.75, 3.05) is 11.9 Å². The number of imidazole rings is 1. The number of rotatable bonds is 6.